The van der Waals surface area contributed by atoms with Crippen molar-refractivity contribution in [3.05, 3.63) is 70.6 Å². The van der Waals surface area contributed by atoms with Gasteiger partial charge in [-0.2, -0.15) is 0 Å². The molecule has 1 aliphatic heterocycles. The minimum atomic E-state index is -3.95. The molecule has 0 saturated heterocycles. The lowest BCUT2D eigenvalue weighted by molar-refractivity contribution is 0.274. The number of fused-ring (bicyclic) bond motifs is 1. The van der Waals surface area contributed by atoms with Crippen LogP contribution in [0.3, 0.4) is 0 Å². The summed E-state index contributed by atoms with van der Waals surface area (Å²) in [6, 6.07) is 8.41. The fraction of sp³-hybridized carbons (Fsp3) is 0.238. The maximum Gasteiger partial charge on any atom is 0.262 e. The highest BCUT2D eigenvalue weighted by atomic mass is 35.5. The molecular weight excluding hydrogens is 426 g/mol. The number of pyridine rings is 2. The molecule has 0 radical (unpaired) electrons. The van der Waals surface area contributed by atoms with E-state index < -0.39 is 10.0 Å². The topological polar surface area (TPSA) is 90.4 Å². The average molecular weight is 446 g/mol. The van der Waals surface area contributed by atoms with Crippen LogP contribution in [0.2, 0.25) is 5.02 Å². The SMILES string of the molecule is Cc1c(Cl)cccc1S(=O)(=O)Nc1c(OCc2cccnc2)ncc2c1OCCC2. The minimum absolute atomic E-state index is 0.0848. The van der Waals surface area contributed by atoms with E-state index in [1.807, 2.05) is 6.07 Å². The third-order valence-corrected chi connectivity index (χ3v) is 6.65. The number of benzene rings is 1. The Bertz CT molecular complexity index is 1170. The van der Waals surface area contributed by atoms with Crippen molar-refractivity contribution in [3.8, 4) is 11.6 Å². The number of nitrogens with zero attached hydrogens (tertiary/aromatic N) is 2. The summed E-state index contributed by atoms with van der Waals surface area (Å²) >= 11 is 6.13. The van der Waals surface area contributed by atoms with E-state index >= 15 is 0 Å². The van der Waals surface area contributed by atoms with Crippen LogP contribution in [0.5, 0.6) is 11.6 Å². The molecular formula is C21H20ClN3O4S. The third-order valence-electron chi connectivity index (χ3n) is 4.75. The summed E-state index contributed by atoms with van der Waals surface area (Å²) in [6.45, 7) is 2.33. The second-order valence-electron chi connectivity index (χ2n) is 6.86. The van der Waals surface area contributed by atoms with Crippen LogP contribution < -0.4 is 14.2 Å². The van der Waals surface area contributed by atoms with Crippen molar-refractivity contribution in [1.82, 2.24) is 9.97 Å². The molecule has 9 heteroatoms. The molecule has 30 heavy (non-hydrogen) atoms. The zero-order valence-electron chi connectivity index (χ0n) is 16.3. The van der Waals surface area contributed by atoms with Gasteiger partial charge in [0.15, 0.2) is 11.4 Å². The Labute approximate surface area is 180 Å². The van der Waals surface area contributed by atoms with Gasteiger partial charge in [-0.1, -0.05) is 23.7 Å². The van der Waals surface area contributed by atoms with Crippen molar-refractivity contribution in [2.24, 2.45) is 0 Å². The molecule has 3 heterocycles. The van der Waals surface area contributed by atoms with E-state index in [0.29, 0.717) is 22.9 Å². The van der Waals surface area contributed by atoms with Crippen LogP contribution in [-0.4, -0.2) is 25.0 Å². The molecule has 0 aliphatic carbocycles. The molecule has 1 N–H and O–H groups in total. The van der Waals surface area contributed by atoms with Crippen LogP contribution in [0.15, 0.2) is 53.8 Å². The van der Waals surface area contributed by atoms with Gasteiger partial charge in [0.25, 0.3) is 10.0 Å². The van der Waals surface area contributed by atoms with Crippen LogP contribution >= 0.6 is 11.6 Å². The Kier molecular flexibility index (Phi) is 5.78. The zero-order valence-corrected chi connectivity index (χ0v) is 17.8. The summed E-state index contributed by atoms with van der Waals surface area (Å²) in [5.74, 6) is 0.587. The van der Waals surface area contributed by atoms with Gasteiger partial charge in [0, 0.05) is 34.7 Å². The normalized spacial score (nSPS) is 13.3. The van der Waals surface area contributed by atoms with E-state index in [4.69, 9.17) is 21.1 Å². The monoisotopic (exact) mass is 445 g/mol. The average Bonchev–Trinajstić information content (AvgIpc) is 2.75. The van der Waals surface area contributed by atoms with Gasteiger partial charge in [-0.05, 0) is 43.5 Å². The molecule has 7 nitrogen and oxygen atoms in total. The highest BCUT2D eigenvalue weighted by molar-refractivity contribution is 7.92. The summed E-state index contributed by atoms with van der Waals surface area (Å²) in [5, 5.41) is 0.371. The Morgan fingerprint density at radius 2 is 2.10 bits per heavy atom. The number of hydrogen-bond donors (Lipinski definition) is 1. The first-order valence-electron chi connectivity index (χ1n) is 9.40. The van der Waals surface area contributed by atoms with Crippen molar-refractivity contribution < 1.29 is 17.9 Å². The van der Waals surface area contributed by atoms with Crippen LogP contribution in [-0.2, 0) is 23.1 Å². The van der Waals surface area contributed by atoms with Crippen LogP contribution in [0.4, 0.5) is 5.69 Å². The maximum absolute atomic E-state index is 13.2. The molecule has 0 saturated carbocycles. The highest BCUT2D eigenvalue weighted by Crippen LogP contribution is 2.40. The van der Waals surface area contributed by atoms with Crippen molar-refractivity contribution in [3.63, 3.8) is 0 Å². The molecule has 0 amide bonds. The number of rotatable bonds is 6. The Balaban J connectivity index is 1.72. The first-order valence-corrected chi connectivity index (χ1v) is 11.3. The number of aryl methyl sites for hydroxylation is 1. The Hall–Kier alpha value is -2.84. The fourth-order valence-electron chi connectivity index (χ4n) is 3.20. The van der Waals surface area contributed by atoms with E-state index in [2.05, 4.69) is 14.7 Å². The van der Waals surface area contributed by atoms with Crippen LogP contribution in [0, 0.1) is 6.92 Å². The lowest BCUT2D eigenvalue weighted by Crippen LogP contribution is -2.19. The standard InChI is InChI=1S/C21H20ClN3O4S/c1-14-17(22)7-2-8-18(14)30(26,27)25-19-20-16(6-4-10-28-20)12-24-21(19)29-13-15-5-3-9-23-11-15/h2-3,5,7-9,11-12,25H,4,6,10,13H2,1H3. The third kappa shape index (κ3) is 4.20. The number of ether oxygens (including phenoxy) is 2. The lowest BCUT2D eigenvalue weighted by atomic mass is 10.1. The first kappa shape index (κ1) is 20.4. The Morgan fingerprint density at radius 1 is 1.23 bits per heavy atom. The van der Waals surface area contributed by atoms with E-state index in [0.717, 1.165) is 24.0 Å². The van der Waals surface area contributed by atoms with Crippen molar-refractivity contribution in [1.29, 1.82) is 0 Å². The van der Waals surface area contributed by atoms with Gasteiger partial charge in [0.2, 0.25) is 5.88 Å². The number of hydrogen-bond acceptors (Lipinski definition) is 6. The second-order valence-corrected chi connectivity index (χ2v) is 8.92. The van der Waals surface area contributed by atoms with Gasteiger partial charge in [0.05, 0.1) is 11.5 Å². The summed E-state index contributed by atoms with van der Waals surface area (Å²) in [5.41, 5.74) is 2.31. The quantitative estimate of drug-likeness (QED) is 0.613. The highest BCUT2D eigenvalue weighted by Gasteiger charge is 2.26. The van der Waals surface area contributed by atoms with Gasteiger partial charge in [-0.15, -0.1) is 0 Å². The molecule has 0 unspecified atom stereocenters. The fourth-order valence-corrected chi connectivity index (χ4v) is 4.76. The molecule has 0 atom stereocenters. The van der Waals surface area contributed by atoms with Gasteiger partial charge in [-0.25, -0.2) is 13.4 Å². The molecule has 1 aromatic carbocycles. The number of sulfonamides is 1. The number of aromatic nitrogens is 2. The Morgan fingerprint density at radius 3 is 2.90 bits per heavy atom. The van der Waals surface area contributed by atoms with Gasteiger partial charge >= 0.3 is 0 Å². The molecule has 3 aromatic rings. The van der Waals surface area contributed by atoms with Crippen molar-refractivity contribution in [2.45, 2.75) is 31.3 Å². The summed E-state index contributed by atoms with van der Waals surface area (Å²) in [6.07, 6.45) is 6.59. The molecule has 0 bridgehead atoms. The van der Waals surface area contributed by atoms with Gasteiger partial charge in [-0.3, -0.25) is 9.71 Å². The van der Waals surface area contributed by atoms with Crippen LogP contribution in [0.1, 0.15) is 23.1 Å². The largest absolute Gasteiger partial charge is 0.491 e. The number of anilines is 1. The molecule has 156 valence electrons. The number of halogens is 1. The van der Waals surface area contributed by atoms with Gasteiger partial charge < -0.3 is 9.47 Å². The summed E-state index contributed by atoms with van der Waals surface area (Å²) in [4.78, 5) is 8.49. The molecule has 2 aromatic heterocycles. The first-order chi connectivity index (χ1) is 14.5. The zero-order chi connectivity index (χ0) is 21.1. The van der Waals surface area contributed by atoms with Crippen molar-refractivity contribution >= 4 is 27.3 Å². The summed E-state index contributed by atoms with van der Waals surface area (Å²) < 4.78 is 40.6. The lowest BCUT2D eigenvalue weighted by Gasteiger charge is -2.23. The maximum atomic E-state index is 13.2. The van der Waals surface area contributed by atoms with E-state index in [9.17, 15) is 8.42 Å². The molecule has 1 aliphatic rings. The number of nitrogens with one attached hydrogen (secondary N) is 1. The van der Waals surface area contributed by atoms with Gasteiger partial charge in [0.1, 0.15) is 6.61 Å². The second kappa shape index (κ2) is 8.49. The van der Waals surface area contributed by atoms with Crippen molar-refractivity contribution in [2.75, 3.05) is 11.3 Å². The molecule has 4 rings (SSSR count). The molecule has 0 fully saturated rings. The summed E-state index contributed by atoms with van der Waals surface area (Å²) in [7, 11) is -3.95. The predicted molar refractivity (Wildman–Crippen MR) is 114 cm³/mol. The van der Waals surface area contributed by atoms with Crippen LogP contribution in [0.25, 0.3) is 0 Å². The molecule has 0 spiro atoms. The smallest absolute Gasteiger partial charge is 0.262 e. The predicted octanol–water partition coefficient (Wildman–Crippen LogP) is 4.14. The van der Waals surface area contributed by atoms with E-state index in [1.54, 1.807) is 43.7 Å². The van der Waals surface area contributed by atoms with E-state index in [-0.39, 0.29) is 23.1 Å². The minimum Gasteiger partial charge on any atom is -0.491 e. The van der Waals surface area contributed by atoms with E-state index in [1.165, 1.54) is 6.07 Å².